The summed E-state index contributed by atoms with van der Waals surface area (Å²) < 4.78 is 0. The number of hydrogen-bond acceptors (Lipinski definition) is 3. The van der Waals surface area contributed by atoms with E-state index in [-0.39, 0.29) is 0 Å². The average molecular weight is 194 g/mol. The van der Waals surface area contributed by atoms with Crippen molar-refractivity contribution in [3.63, 3.8) is 0 Å². The first-order chi connectivity index (χ1) is 6.52. The van der Waals surface area contributed by atoms with E-state index in [0.29, 0.717) is 11.0 Å². The summed E-state index contributed by atoms with van der Waals surface area (Å²) in [4.78, 5) is 10.6. The molecule has 0 fully saturated rings. The molecule has 0 heterocycles. The molecule has 0 saturated carbocycles. The maximum Gasteiger partial charge on any atom is 0.488 e. The molecule has 1 atom stereocenters. The van der Waals surface area contributed by atoms with Crippen LogP contribution in [0.15, 0.2) is 24.3 Å². The normalized spacial score (nSPS) is 12.2. The van der Waals surface area contributed by atoms with Gasteiger partial charge in [-0.1, -0.05) is 24.3 Å². The number of hydrogen-bond donors (Lipinski definition) is 3. The maximum atomic E-state index is 10.6. The van der Waals surface area contributed by atoms with E-state index in [1.165, 1.54) is 12.1 Å². The average Bonchev–Trinajstić information content (AvgIpc) is 2.16. The third kappa shape index (κ3) is 2.34. The molecule has 0 unspecified atom stereocenters. The predicted molar refractivity (Wildman–Crippen MR) is 52.3 cm³/mol. The quantitative estimate of drug-likeness (QED) is 0.569. The minimum absolute atomic E-state index is 0.353. The van der Waals surface area contributed by atoms with Gasteiger partial charge >= 0.3 is 13.1 Å². The molecule has 1 aromatic rings. The zero-order valence-corrected chi connectivity index (χ0v) is 7.71. The molecule has 0 amide bonds. The van der Waals surface area contributed by atoms with E-state index >= 15 is 0 Å². The first-order valence-corrected chi connectivity index (χ1v) is 4.21. The van der Waals surface area contributed by atoms with Crippen LogP contribution in [-0.4, -0.2) is 28.2 Å². The third-order valence-electron chi connectivity index (χ3n) is 2.11. The molecule has 4 nitrogen and oxygen atoms in total. The van der Waals surface area contributed by atoms with Gasteiger partial charge in [0.2, 0.25) is 0 Å². The summed E-state index contributed by atoms with van der Waals surface area (Å²) in [7, 11) is -1.51. The monoisotopic (exact) mass is 194 g/mol. The second kappa shape index (κ2) is 4.26. The fourth-order valence-corrected chi connectivity index (χ4v) is 1.10. The summed E-state index contributed by atoms with van der Waals surface area (Å²) >= 11 is 0. The molecule has 14 heavy (non-hydrogen) atoms. The SMILES string of the molecule is C[C@@H](C(=O)O)c1ccc(B(O)O)cc1. The molecule has 0 bridgehead atoms. The molecule has 1 aromatic carbocycles. The van der Waals surface area contributed by atoms with E-state index in [9.17, 15) is 4.79 Å². The van der Waals surface area contributed by atoms with Crippen molar-refractivity contribution in [3.05, 3.63) is 29.8 Å². The number of rotatable bonds is 3. The second-order valence-corrected chi connectivity index (χ2v) is 3.10. The summed E-state index contributed by atoms with van der Waals surface area (Å²) in [5.74, 6) is -1.48. The number of carbonyl (C=O) groups is 1. The standard InChI is InChI=1S/C9H11BO4/c1-6(9(11)12)7-2-4-8(5-3-7)10(13)14/h2-6,13-14H,1H3,(H,11,12)/t6-/m1/s1. The molecule has 0 radical (unpaired) electrons. The van der Waals surface area contributed by atoms with Crippen molar-refractivity contribution in [1.82, 2.24) is 0 Å². The molecule has 1 rings (SSSR count). The highest BCUT2D eigenvalue weighted by atomic mass is 16.4. The van der Waals surface area contributed by atoms with E-state index in [1.54, 1.807) is 19.1 Å². The molecule has 0 aliphatic carbocycles. The minimum Gasteiger partial charge on any atom is -0.481 e. The fourth-order valence-electron chi connectivity index (χ4n) is 1.10. The Hall–Kier alpha value is -1.33. The van der Waals surface area contributed by atoms with Crippen molar-refractivity contribution in [3.8, 4) is 0 Å². The number of benzene rings is 1. The molecular weight excluding hydrogens is 183 g/mol. The number of carboxylic acid groups (broad SMARTS) is 1. The van der Waals surface area contributed by atoms with Crippen molar-refractivity contribution in [2.75, 3.05) is 0 Å². The van der Waals surface area contributed by atoms with E-state index in [2.05, 4.69) is 0 Å². The van der Waals surface area contributed by atoms with Gasteiger partial charge in [0.1, 0.15) is 0 Å². The Morgan fingerprint density at radius 1 is 1.29 bits per heavy atom. The minimum atomic E-state index is -1.51. The second-order valence-electron chi connectivity index (χ2n) is 3.10. The first kappa shape index (κ1) is 10.8. The van der Waals surface area contributed by atoms with Gasteiger partial charge in [0.15, 0.2) is 0 Å². The third-order valence-corrected chi connectivity index (χ3v) is 2.11. The van der Waals surface area contributed by atoms with Gasteiger partial charge in [-0.3, -0.25) is 4.79 Å². The Morgan fingerprint density at radius 3 is 2.14 bits per heavy atom. The van der Waals surface area contributed by atoms with Crippen LogP contribution >= 0.6 is 0 Å². The van der Waals surface area contributed by atoms with Gasteiger partial charge < -0.3 is 15.2 Å². The van der Waals surface area contributed by atoms with Gasteiger partial charge in [-0.2, -0.15) is 0 Å². The van der Waals surface area contributed by atoms with Gasteiger partial charge in [-0.05, 0) is 17.9 Å². The van der Waals surface area contributed by atoms with Crippen molar-refractivity contribution < 1.29 is 19.9 Å². The van der Waals surface area contributed by atoms with Gasteiger partial charge in [-0.25, -0.2) is 0 Å². The molecule has 0 saturated heterocycles. The number of aliphatic carboxylic acids is 1. The fraction of sp³-hybridized carbons (Fsp3) is 0.222. The molecule has 0 spiro atoms. The van der Waals surface area contributed by atoms with Crippen LogP contribution in [0.4, 0.5) is 0 Å². The highest BCUT2D eigenvalue weighted by molar-refractivity contribution is 6.58. The van der Waals surface area contributed by atoms with Crippen LogP contribution in [0.3, 0.4) is 0 Å². The van der Waals surface area contributed by atoms with Crippen LogP contribution in [0.1, 0.15) is 18.4 Å². The van der Waals surface area contributed by atoms with Crippen LogP contribution in [0.2, 0.25) is 0 Å². The lowest BCUT2D eigenvalue weighted by Crippen LogP contribution is -2.29. The van der Waals surface area contributed by atoms with Gasteiger partial charge in [0, 0.05) is 0 Å². The van der Waals surface area contributed by atoms with E-state index in [1.807, 2.05) is 0 Å². The molecule has 5 heteroatoms. The summed E-state index contributed by atoms with van der Waals surface area (Å²) in [6, 6.07) is 6.15. The van der Waals surface area contributed by atoms with E-state index < -0.39 is 19.0 Å². The first-order valence-electron chi connectivity index (χ1n) is 4.21. The zero-order chi connectivity index (χ0) is 10.7. The Kier molecular flexibility index (Phi) is 3.27. The highest BCUT2D eigenvalue weighted by Gasteiger charge is 2.15. The van der Waals surface area contributed by atoms with Crippen molar-refractivity contribution in [2.45, 2.75) is 12.8 Å². The highest BCUT2D eigenvalue weighted by Crippen LogP contribution is 2.13. The summed E-state index contributed by atoms with van der Waals surface area (Å²) in [6.07, 6.45) is 0. The van der Waals surface area contributed by atoms with E-state index in [4.69, 9.17) is 15.2 Å². The summed E-state index contributed by atoms with van der Waals surface area (Å²) in [5.41, 5.74) is 0.994. The molecular formula is C9H11BO4. The smallest absolute Gasteiger partial charge is 0.481 e. The van der Waals surface area contributed by atoms with Crippen LogP contribution in [0.25, 0.3) is 0 Å². The molecule has 0 aromatic heterocycles. The molecule has 74 valence electrons. The molecule has 3 N–H and O–H groups in total. The van der Waals surface area contributed by atoms with Gasteiger partial charge in [-0.15, -0.1) is 0 Å². The van der Waals surface area contributed by atoms with Crippen molar-refractivity contribution in [1.29, 1.82) is 0 Å². The largest absolute Gasteiger partial charge is 0.488 e. The predicted octanol–water partition coefficient (Wildman–Crippen LogP) is -0.446. The van der Waals surface area contributed by atoms with Gasteiger partial charge in [0.05, 0.1) is 5.92 Å². The molecule has 0 aliphatic heterocycles. The van der Waals surface area contributed by atoms with Crippen molar-refractivity contribution >= 4 is 18.6 Å². The van der Waals surface area contributed by atoms with Crippen LogP contribution in [-0.2, 0) is 4.79 Å². The Bertz CT molecular complexity index is 320. The maximum absolute atomic E-state index is 10.6. The Balaban J connectivity index is 2.88. The zero-order valence-electron chi connectivity index (χ0n) is 7.71. The summed E-state index contributed by atoms with van der Waals surface area (Å²) in [6.45, 7) is 1.58. The summed E-state index contributed by atoms with van der Waals surface area (Å²) in [5, 5.41) is 26.3. The number of carboxylic acids is 1. The molecule has 0 aliphatic rings. The van der Waals surface area contributed by atoms with Crippen LogP contribution < -0.4 is 5.46 Å². The topological polar surface area (TPSA) is 77.8 Å². The lowest BCUT2D eigenvalue weighted by molar-refractivity contribution is -0.138. The van der Waals surface area contributed by atoms with Gasteiger partial charge in [0.25, 0.3) is 0 Å². The lowest BCUT2D eigenvalue weighted by atomic mass is 9.79. The van der Waals surface area contributed by atoms with E-state index in [0.717, 1.165) is 0 Å². The van der Waals surface area contributed by atoms with Crippen LogP contribution in [0.5, 0.6) is 0 Å². The van der Waals surface area contributed by atoms with Crippen LogP contribution in [0, 0.1) is 0 Å². The van der Waals surface area contributed by atoms with Crippen molar-refractivity contribution in [2.24, 2.45) is 0 Å². The Labute approximate surface area is 82.0 Å². The Morgan fingerprint density at radius 2 is 1.79 bits per heavy atom. The lowest BCUT2D eigenvalue weighted by Gasteiger charge is -2.07.